The molecule has 1 N–H and O–H groups in total. The zero-order chi connectivity index (χ0) is 20.7. The lowest BCUT2D eigenvalue weighted by Crippen LogP contribution is -2.25. The van der Waals surface area contributed by atoms with Gasteiger partial charge in [0.15, 0.2) is 0 Å². The molecule has 4 rings (SSSR count). The Bertz CT molecular complexity index is 1140. The van der Waals surface area contributed by atoms with Crippen LogP contribution in [0.5, 0.6) is 5.75 Å². The summed E-state index contributed by atoms with van der Waals surface area (Å²) in [6, 6.07) is 12.1. The zero-order valence-electron chi connectivity index (χ0n) is 15.2. The number of rotatable bonds is 3. The maximum absolute atomic E-state index is 13.1. The number of thiophene rings is 1. The van der Waals surface area contributed by atoms with Crippen molar-refractivity contribution in [3.63, 3.8) is 0 Å². The van der Waals surface area contributed by atoms with E-state index >= 15 is 0 Å². The molecule has 1 aromatic heterocycles. The SMILES string of the molecule is CN(C(=O)c1cc2c(s1)-c1ccc(Br)cc1OCC2)c1ccc(C(=O)O)cc1Cl. The van der Waals surface area contributed by atoms with Crippen LogP contribution in [0.1, 0.15) is 25.6 Å². The molecule has 0 spiro atoms. The molecule has 0 atom stereocenters. The highest BCUT2D eigenvalue weighted by molar-refractivity contribution is 9.10. The van der Waals surface area contributed by atoms with Crippen molar-refractivity contribution in [2.24, 2.45) is 0 Å². The second kappa shape index (κ2) is 7.82. The second-order valence-electron chi connectivity index (χ2n) is 6.54. The first kappa shape index (κ1) is 19.9. The molecule has 0 saturated heterocycles. The number of amides is 1. The predicted molar refractivity (Wildman–Crippen MR) is 118 cm³/mol. The van der Waals surface area contributed by atoms with Gasteiger partial charge in [-0.3, -0.25) is 4.79 Å². The molecule has 0 unspecified atom stereocenters. The van der Waals surface area contributed by atoms with Gasteiger partial charge in [0, 0.05) is 28.4 Å². The standard InChI is InChI=1S/C21H15BrClNO4S/c1-24(16-5-2-12(21(26)27)8-15(16)23)20(25)18-9-11-6-7-28-17-10-13(22)3-4-14(17)19(11)29-18/h2-5,8-10H,6-7H2,1H3,(H,26,27). The molecule has 8 heteroatoms. The van der Waals surface area contributed by atoms with Crippen LogP contribution in [-0.2, 0) is 6.42 Å². The fourth-order valence-electron chi connectivity index (χ4n) is 3.21. The quantitative estimate of drug-likeness (QED) is 0.506. The lowest BCUT2D eigenvalue weighted by atomic mass is 10.1. The van der Waals surface area contributed by atoms with Crippen LogP contribution < -0.4 is 9.64 Å². The van der Waals surface area contributed by atoms with Crippen molar-refractivity contribution < 1.29 is 19.4 Å². The average Bonchev–Trinajstić information content (AvgIpc) is 3.03. The van der Waals surface area contributed by atoms with Crippen LogP contribution in [0, 0.1) is 0 Å². The topological polar surface area (TPSA) is 66.8 Å². The Hall–Kier alpha value is -2.35. The molecular formula is C21H15BrClNO4S. The summed E-state index contributed by atoms with van der Waals surface area (Å²) in [6.07, 6.45) is 0.711. The van der Waals surface area contributed by atoms with Crippen LogP contribution in [-0.4, -0.2) is 30.6 Å². The number of hydrogen-bond acceptors (Lipinski definition) is 4. The zero-order valence-corrected chi connectivity index (χ0v) is 18.4. The molecule has 0 saturated carbocycles. The van der Waals surface area contributed by atoms with E-state index in [1.165, 1.54) is 28.4 Å². The highest BCUT2D eigenvalue weighted by Gasteiger charge is 2.24. The maximum atomic E-state index is 13.1. The minimum atomic E-state index is -1.07. The van der Waals surface area contributed by atoms with Gasteiger partial charge in [-0.2, -0.15) is 0 Å². The fourth-order valence-corrected chi connectivity index (χ4v) is 5.07. The minimum absolute atomic E-state index is 0.0743. The predicted octanol–water partition coefficient (Wildman–Crippen LogP) is 5.74. The van der Waals surface area contributed by atoms with Crippen molar-refractivity contribution >= 4 is 56.4 Å². The molecule has 1 aliphatic rings. The number of benzene rings is 2. The number of carbonyl (C=O) groups excluding carboxylic acids is 1. The van der Waals surface area contributed by atoms with Crippen molar-refractivity contribution in [2.75, 3.05) is 18.6 Å². The Morgan fingerprint density at radius 3 is 2.72 bits per heavy atom. The van der Waals surface area contributed by atoms with Gasteiger partial charge >= 0.3 is 5.97 Å². The van der Waals surface area contributed by atoms with Gasteiger partial charge in [0.25, 0.3) is 5.91 Å². The molecule has 2 heterocycles. The van der Waals surface area contributed by atoms with Crippen molar-refractivity contribution in [3.05, 3.63) is 68.0 Å². The summed E-state index contributed by atoms with van der Waals surface area (Å²) in [4.78, 5) is 27.3. The number of carbonyl (C=O) groups is 2. The third-order valence-corrected chi connectivity index (χ3v) is 6.69. The van der Waals surface area contributed by atoms with Crippen molar-refractivity contribution in [3.8, 4) is 16.2 Å². The highest BCUT2D eigenvalue weighted by Crippen LogP contribution is 2.42. The Morgan fingerprint density at radius 1 is 1.21 bits per heavy atom. The number of aromatic carboxylic acids is 1. The number of carboxylic acid groups (broad SMARTS) is 1. The van der Waals surface area contributed by atoms with E-state index in [4.69, 9.17) is 21.4 Å². The Balaban J connectivity index is 1.69. The average molecular weight is 493 g/mol. The third-order valence-electron chi connectivity index (χ3n) is 4.70. The van der Waals surface area contributed by atoms with Gasteiger partial charge in [-0.25, -0.2) is 4.79 Å². The van der Waals surface area contributed by atoms with Crippen LogP contribution in [0.4, 0.5) is 5.69 Å². The summed E-state index contributed by atoms with van der Waals surface area (Å²) in [5.41, 5.74) is 2.57. The number of anilines is 1. The van der Waals surface area contributed by atoms with Gasteiger partial charge in [0.2, 0.25) is 0 Å². The number of carboxylic acids is 1. The summed E-state index contributed by atoms with van der Waals surface area (Å²) >= 11 is 11.1. The molecule has 5 nitrogen and oxygen atoms in total. The summed E-state index contributed by atoms with van der Waals surface area (Å²) in [5, 5.41) is 9.30. The molecular weight excluding hydrogens is 478 g/mol. The number of hydrogen-bond donors (Lipinski definition) is 1. The van der Waals surface area contributed by atoms with Crippen molar-refractivity contribution in [1.82, 2.24) is 0 Å². The van der Waals surface area contributed by atoms with Crippen LogP contribution >= 0.6 is 38.9 Å². The van der Waals surface area contributed by atoms with Crippen LogP contribution in [0.25, 0.3) is 10.4 Å². The first-order valence-electron chi connectivity index (χ1n) is 8.71. The van der Waals surface area contributed by atoms with E-state index in [1.54, 1.807) is 13.1 Å². The molecule has 0 fully saturated rings. The highest BCUT2D eigenvalue weighted by atomic mass is 79.9. The summed E-state index contributed by atoms with van der Waals surface area (Å²) in [5.74, 6) is -0.478. The first-order chi connectivity index (χ1) is 13.8. The summed E-state index contributed by atoms with van der Waals surface area (Å²) < 4.78 is 6.79. The fraction of sp³-hybridized carbons (Fsp3) is 0.143. The smallest absolute Gasteiger partial charge is 0.335 e. The number of halogens is 2. The van der Waals surface area contributed by atoms with Gasteiger partial charge in [-0.15, -0.1) is 11.3 Å². The van der Waals surface area contributed by atoms with Gasteiger partial charge in [-0.05, 0) is 48.0 Å². The largest absolute Gasteiger partial charge is 0.493 e. The number of ether oxygens (including phenoxy) is 1. The summed E-state index contributed by atoms with van der Waals surface area (Å²) in [6.45, 7) is 0.541. The normalized spacial score (nSPS) is 12.4. The van der Waals surface area contributed by atoms with E-state index < -0.39 is 5.97 Å². The monoisotopic (exact) mass is 491 g/mol. The molecule has 1 aliphatic heterocycles. The second-order valence-corrected chi connectivity index (χ2v) is 8.91. The van der Waals surface area contributed by atoms with Crippen molar-refractivity contribution in [2.45, 2.75) is 6.42 Å². The van der Waals surface area contributed by atoms with E-state index in [1.807, 2.05) is 24.3 Å². The van der Waals surface area contributed by atoms with E-state index in [9.17, 15) is 9.59 Å². The van der Waals surface area contributed by atoms with Crippen LogP contribution in [0.2, 0.25) is 5.02 Å². The van der Waals surface area contributed by atoms with Crippen molar-refractivity contribution in [1.29, 1.82) is 0 Å². The first-order valence-corrected chi connectivity index (χ1v) is 10.7. The molecule has 3 aromatic rings. The number of nitrogens with zero attached hydrogens (tertiary/aromatic N) is 1. The summed E-state index contributed by atoms with van der Waals surface area (Å²) in [7, 11) is 1.63. The van der Waals surface area contributed by atoms with Gasteiger partial charge < -0.3 is 14.7 Å². The molecule has 2 aromatic carbocycles. The molecule has 0 aliphatic carbocycles. The Kier molecular flexibility index (Phi) is 5.38. The van der Waals surface area contributed by atoms with E-state index in [0.717, 1.165) is 26.2 Å². The van der Waals surface area contributed by atoms with E-state index in [0.29, 0.717) is 23.6 Å². The molecule has 1 amide bonds. The van der Waals surface area contributed by atoms with Gasteiger partial charge in [0.1, 0.15) is 5.75 Å². The maximum Gasteiger partial charge on any atom is 0.335 e. The minimum Gasteiger partial charge on any atom is -0.493 e. The number of fused-ring (bicyclic) bond motifs is 3. The lowest BCUT2D eigenvalue weighted by molar-refractivity contribution is 0.0696. The van der Waals surface area contributed by atoms with Crippen LogP contribution in [0.3, 0.4) is 0 Å². The Morgan fingerprint density at radius 2 is 2.00 bits per heavy atom. The molecule has 148 valence electrons. The molecule has 0 radical (unpaired) electrons. The van der Waals surface area contributed by atoms with Crippen LogP contribution in [0.15, 0.2) is 46.9 Å². The lowest BCUT2D eigenvalue weighted by Gasteiger charge is -2.18. The van der Waals surface area contributed by atoms with E-state index in [2.05, 4.69) is 15.9 Å². The van der Waals surface area contributed by atoms with E-state index in [-0.39, 0.29) is 16.5 Å². The third kappa shape index (κ3) is 3.77. The van der Waals surface area contributed by atoms with Gasteiger partial charge in [-0.1, -0.05) is 27.5 Å². The molecule has 29 heavy (non-hydrogen) atoms. The Labute approximate surface area is 184 Å². The van der Waals surface area contributed by atoms with Gasteiger partial charge in [0.05, 0.1) is 27.8 Å². The molecule has 0 bridgehead atoms.